The van der Waals surface area contributed by atoms with Gasteiger partial charge in [-0.25, -0.2) is 4.79 Å². The lowest BCUT2D eigenvalue weighted by Gasteiger charge is -2.07. The first-order valence-corrected chi connectivity index (χ1v) is 6.28. The van der Waals surface area contributed by atoms with Crippen molar-refractivity contribution in [1.82, 2.24) is 0 Å². The number of hydrogen-bond donors (Lipinski definition) is 1. The summed E-state index contributed by atoms with van der Waals surface area (Å²) in [7, 11) is 0. The number of hydrogen-bond acceptors (Lipinski definition) is 3. The van der Waals surface area contributed by atoms with Crippen LogP contribution in [-0.4, -0.2) is 11.9 Å². The maximum absolute atomic E-state index is 11.9. The van der Waals surface area contributed by atoms with Crippen molar-refractivity contribution in [3.8, 4) is 5.75 Å². The van der Waals surface area contributed by atoms with Gasteiger partial charge in [0.05, 0.1) is 10.6 Å². The smallest absolute Gasteiger partial charge is 0.345 e. The van der Waals surface area contributed by atoms with E-state index in [9.17, 15) is 9.59 Å². The molecule has 0 bridgehead atoms. The highest BCUT2D eigenvalue weighted by Gasteiger charge is 2.11. The predicted octanol–water partition coefficient (Wildman–Crippen LogP) is 3.52. The second-order valence-corrected chi connectivity index (χ2v) is 4.48. The van der Waals surface area contributed by atoms with E-state index in [1.807, 2.05) is 0 Å². The molecule has 0 radical (unpaired) electrons. The normalized spacial score (nSPS) is 9.90. The van der Waals surface area contributed by atoms with Crippen molar-refractivity contribution >= 4 is 29.2 Å². The van der Waals surface area contributed by atoms with Gasteiger partial charge >= 0.3 is 5.97 Å². The van der Waals surface area contributed by atoms with Gasteiger partial charge in [0, 0.05) is 12.6 Å². The molecule has 0 spiro atoms. The molecule has 0 heterocycles. The van der Waals surface area contributed by atoms with Gasteiger partial charge in [0.15, 0.2) is 0 Å². The fourth-order valence-electron chi connectivity index (χ4n) is 1.60. The van der Waals surface area contributed by atoms with Crippen LogP contribution in [0.5, 0.6) is 5.75 Å². The van der Waals surface area contributed by atoms with Crippen LogP contribution in [0.3, 0.4) is 0 Å². The average molecular weight is 290 g/mol. The molecule has 0 aliphatic carbocycles. The number of halogens is 1. The maximum Gasteiger partial charge on any atom is 0.345 e. The summed E-state index contributed by atoms with van der Waals surface area (Å²) in [5.41, 5.74) is 0.940. The second kappa shape index (κ2) is 6.21. The van der Waals surface area contributed by atoms with Crippen molar-refractivity contribution < 1.29 is 14.3 Å². The molecule has 0 saturated heterocycles. The summed E-state index contributed by atoms with van der Waals surface area (Å²) in [5.74, 6) is -0.308. The van der Waals surface area contributed by atoms with Crippen LogP contribution in [0.4, 0.5) is 5.69 Å². The van der Waals surface area contributed by atoms with Crippen molar-refractivity contribution in [3.05, 3.63) is 59.1 Å². The Labute approximate surface area is 121 Å². The van der Waals surface area contributed by atoms with Crippen LogP contribution in [0.2, 0.25) is 5.02 Å². The predicted molar refractivity (Wildman–Crippen MR) is 77.2 cm³/mol. The van der Waals surface area contributed by atoms with Crippen LogP contribution in [0.15, 0.2) is 48.5 Å². The number of benzene rings is 2. The minimum Gasteiger partial charge on any atom is -0.423 e. The summed E-state index contributed by atoms with van der Waals surface area (Å²) < 4.78 is 5.21. The van der Waals surface area contributed by atoms with E-state index in [1.165, 1.54) is 6.92 Å². The largest absolute Gasteiger partial charge is 0.423 e. The number of amides is 1. The topological polar surface area (TPSA) is 55.4 Å². The van der Waals surface area contributed by atoms with Crippen molar-refractivity contribution in [2.45, 2.75) is 6.92 Å². The van der Waals surface area contributed by atoms with Gasteiger partial charge in [-0.05, 0) is 36.4 Å². The number of nitrogens with one attached hydrogen (secondary N) is 1. The van der Waals surface area contributed by atoms with E-state index in [1.54, 1.807) is 48.5 Å². The fraction of sp³-hybridized carbons (Fsp3) is 0.0667. The molecule has 1 amide bonds. The summed E-state index contributed by atoms with van der Waals surface area (Å²) in [6.07, 6.45) is 0. The highest BCUT2D eigenvalue weighted by atomic mass is 35.5. The Kier molecular flexibility index (Phi) is 4.38. The number of carbonyl (C=O) groups excluding carboxylic acids is 2. The molecule has 102 valence electrons. The first-order chi connectivity index (χ1) is 9.56. The summed E-state index contributed by atoms with van der Waals surface area (Å²) in [6, 6.07) is 13.2. The van der Waals surface area contributed by atoms with Crippen LogP contribution in [0.25, 0.3) is 0 Å². The van der Waals surface area contributed by atoms with Crippen molar-refractivity contribution in [2.24, 2.45) is 0 Å². The highest BCUT2D eigenvalue weighted by Crippen LogP contribution is 2.20. The fourth-order valence-corrected chi connectivity index (χ4v) is 1.81. The lowest BCUT2D eigenvalue weighted by atomic mass is 10.2. The molecule has 0 aliphatic rings. The van der Waals surface area contributed by atoms with Gasteiger partial charge in [-0.3, -0.25) is 4.79 Å². The van der Waals surface area contributed by atoms with Gasteiger partial charge in [-0.2, -0.15) is 0 Å². The zero-order valence-electron chi connectivity index (χ0n) is 10.7. The summed E-state index contributed by atoms with van der Waals surface area (Å²) in [6.45, 7) is 1.42. The molecule has 0 atom stereocenters. The van der Waals surface area contributed by atoms with Crippen molar-refractivity contribution in [3.63, 3.8) is 0 Å². The number of carbonyl (C=O) groups is 2. The van der Waals surface area contributed by atoms with Crippen molar-refractivity contribution in [1.29, 1.82) is 0 Å². The Bertz CT molecular complexity index is 638. The number of esters is 1. The first-order valence-electron chi connectivity index (χ1n) is 5.90. The van der Waals surface area contributed by atoms with E-state index < -0.39 is 5.97 Å². The summed E-state index contributed by atoms with van der Waals surface area (Å²) in [4.78, 5) is 22.8. The molecule has 0 saturated carbocycles. The zero-order chi connectivity index (χ0) is 14.5. The maximum atomic E-state index is 11.9. The molecule has 1 N–H and O–H groups in total. The molecule has 2 rings (SSSR count). The molecule has 20 heavy (non-hydrogen) atoms. The Balaban J connectivity index is 2.09. The van der Waals surface area contributed by atoms with Gasteiger partial charge in [-0.15, -0.1) is 0 Å². The van der Waals surface area contributed by atoms with E-state index in [0.29, 0.717) is 22.0 Å². The average Bonchev–Trinajstić information content (AvgIpc) is 2.41. The van der Waals surface area contributed by atoms with Crippen LogP contribution in [0, 0.1) is 0 Å². The quantitative estimate of drug-likeness (QED) is 0.695. The third-order valence-corrected chi connectivity index (χ3v) is 2.81. The van der Waals surface area contributed by atoms with E-state index in [4.69, 9.17) is 16.3 Å². The van der Waals surface area contributed by atoms with Gasteiger partial charge < -0.3 is 10.1 Å². The molecule has 0 fully saturated rings. The second-order valence-electron chi connectivity index (χ2n) is 4.07. The monoisotopic (exact) mass is 289 g/mol. The van der Waals surface area contributed by atoms with Gasteiger partial charge in [-0.1, -0.05) is 23.7 Å². The van der Waals surface area contributed by atoms with Crippen LogP contribution < -0.4 is 10.1 Å². The summed E-state index contributed by atoms with van der Waals surface area (Å²) >= 11 is 5.92. The van der Waals surface area contributed by atoms with E-state index in [0.717, 1.165) is 0 Å². The Morgan fingerprint density at radius 2 is 1.70 bits per heavy atom. The van der Waals surface area contributed by atoms with Crippen LogP contribution in [-0.2, 0) is 4.79 Å². The Morgan fingerprint density at radius 3 is 2.30 bits per heavy atom. The lowest BCUT2D eigenvalue weighted by Crippen LogP contribution is -2.09. The standard InChI is InChI=1S/C15H12ClNO3/c1-10(18)17-11-6-8-12(9-7-11)20-15(19)13-4-2-3-5-14(13)16/h2-9H,1H3,(H,17,18). The molecule has 2 aromatic carbocycles. The zero-order valence-corrected chi connectivity index (χ0v) is 11.5. The van der Waals surface area contributed by atoms with Gasteiger partial charge in [0.25, 0.3) is 0 Å². The van der Waals surface area contributed by atoms with Gasteiger partial charge in [0.1, 0.15) is 5.75 Å². The molecule has 0 unspecified atom stereocenters. The minimum atomic E-state index is -0.525. The molecule has 5 heteroatoms. The van der Waals surface area contributed by atoms with Gasteiger partial charge in [0.2, 0.25) is 5.91 Å². The molecular formula is C15H12ClNO3. The molecular weight excluding hydrogens is 278 g/mol. The highest BCUT2D eigenvalue weighted by molar-refractivity contribution is 6.33. The number of ether oxygens (including phenoxy) is 1. The Hall–Kier alpha value is -2.33. The third kappa shape index (κ3) is 3.59. The molecule has 4 nitrogen and oxygen atoms in total. The molecule has 0 aromatic heterocycles. The first kappa shape index (κ1) is 14.1. The van der Waals surface area contributed by atoms with Crippen LogP contribution in [0.1, 0.15) is 17.3 Å². The third-order valence-electron chi connectivity index (χ3n) is 2.48. The molecule has 2 aromatic rings. The number of anilines is 1. The Morgan fingerprint density at radius 1 is 1.05 bits per heavy atom. The SMILES string of the molecule is CC(=O)Nc1ccc(OC(=O)c2ccccc2Cl)cc1. The molecule has 0 aliphatic heterocycles. The minimum absolute atomic E-state index is 0.161. The van der Waals surface area contributed by atoms with E-state index in [2.05, 4.69) is 5.32 Å². The number of rotatable bonds is 3. The lowest BCUT2D eigenvalue weighted by molar-refractivity contribution is -0.114. The van der Waals surface area contributed by atoms with Crippen molar-refractivity contribution in [2.75, 3.05) is 5.32 Å². The van der Waals surface area contributed by atoms with Crippen LogP contribution >= 0.6 is 11.6 Å². The van der Waals surface area contributed by atoms with E-state index >= 15 is 0 Å². The summed E-state index contributed by atoms with van der Waals surface area (Å²) in [5, 5.41) is 2.97. The van der Waals surface area contributed by atoms with E-state index in [-0.39, 0.29) is 5.91 Å².